The molecule has 4 aromatic carbocycles. The Labute approximate surface area is 227 Å². The van der Waals surface area contributed by atoms with E-state index in [4.69, 9.17) is 9.47 Å². The number of urea groups is 1. The van der Waals surface area contributed by atoms with Crippen molar-refractivity contribution in [2.75, 3.05) is 14.2 Å². The van der Waals surface area contributed by atoms with Gasteiger partial charge in [-0.05, 0) is 34.4 Å². The van der Waals surface area contributed by atoms with Gasteiger partial charge in [-0.2, -0.15) is 0 Å². The number of nitrogens with zero attached hydrogens (tertiary/aromatic N) is 2. The fourth-order valence-electron chi connectivity index (χ4n) is 5.63. The molecule has 0 aromatic heterocycles. The number of rotatable bonds is 7. The van der Waals surface area contributed by atoms with Crippen LogP contribution in [-0.2, 0) is 19.1 Å². The zero-order valence-corrected chi connectivity index (χ0v) is 22.1. The van der Waals surface area contributed by atoms with E-state index in [0.717, 1.165) is 27.5 Å². The molecular formula is C32H30N2O5. The Morgan fingerprint density at radius 2 is 1.15 bits per heavy atom. The molecule has 198 valence electrons. The molecular weight excluding hydrogens is 492 g/mol. The van der Waals surface area contributed by atoms with Crippen molar-refractivity contribution in [2.45, 2.75) is 31.1 Å². The standard InChI is InChI=1S/C32H30N2O5/c1-21(25-20-12-18-22-13-10-11-19-26(22)25)33-28(30(35)38-2)29(31(36)39-3)34(32(33)37)27(23-14-6-4-7-15-23)24-16-8-5-9-17-24/h4-21,27-29H,1-3H3. The maximum Gasteiger partial charge on any atom is 0.331 e. The molecule has 0 bridgehead atoms. The van der Waals surface area contributed by atoms with Crippen molar-refractivity contribution in [1.29, 1.82) is 0 Å². The molecule has 0 radical (unpaired) electrons. The monoisotopic (exact) mass is 522 g/mol. The Morgan fingerprint density at radius 3 is 1.72 bits per heavy atom. The molecule has 7 heteroatoms. The molecule has 39 heavy (non-hydrogen) atoms. The maximum absolute atomic E-state index is 14.5. The first-order chi connectivity index (χ1) is 19.0. The van der Waals surface area contributed by atoms with Crippen molar-refractivity contribution in [3.8, 4) is 0 Å². The smallest absolute Gasteiger partial charge is 0.331 e. The van der Waals surface area contributed by atoms with E-state index in [1.807, 2.05) is 110 Å². The molecule has 1 aliphatic rings. The first-order valence-electron chi connectivity index (χ1n) is 12.8. The molecule has 1 saturated heterocycles. The molecule has 1 fully saturated rings. The molecule has 1 heterocycles. The zero-order chi connectivity index (χ0) is 27.5. The van der Waals surface area contributed by atoms with Gasteiger partial charge in [0.1, 0.15) is 0 Å². The van der Waals surface area contributed by atoms with Crippen molar-refractivity contribution >= 4 is 28.7 Å². The fourth-order valence-corrected chi connectivity index (χ4v) is 5.63. The molecule has 0 spiro atoms. The van der Waals surface area contributed by atoms with E-state index < -0.39 is 42.1 Å². The van der Waals surface area contributed by atoms with Gasteiger partial charge in [-0.15, -0.1) is 0 Å². The first-order valence-corrected chi connectivity index (χ1v) is 12.8. The van der Waals surface area contributed by atoms with Crippen LogP contribution in [0.5, 0.6) is 0 Å². The average molecular weight is 523 g/mol. The summed E-state index contributed by atoms with van der Waals surface area (Å²) in [5.74, 6) is -1.38. The van der Waals surface area contributed by atoms with Crippen LogP contribution in [0.1, 0.15) is 35.7 Å². The highest BCUT2D eigenvalue weighted by atomic mass is 16.5. The van der Waals surface area contributed by atoms with Crippen molar-refractivity contribution in [3.05, 3.63) is 120 Å². The third kappa shape index (κ3) is 4.61. The van der Waals surface area contributed by atoms with Crippen LogP contribution in [0, 0.1) is 0 Å². The molecule has 2 amide bonds. The van der Waals surface area contributed by atoms with E-state index in [0.29, 0.717) is 0 Å². The lowest BCUT2D eigenvalue weighted by Gasteiger charge is -2.32. The Balaban J connectivity index is 1.71. The number of amides is 2. The molecule has 1 aliphatic heterocycles. The van der Waals surface area contributed by atoms with Gasteiger partial charge in [0.15, 0.2) is 12.1 Å². The van der Waals surface area contributed by atoms with Crippen LogP contribution in [0.4, 0.5) is 4.79 Å². The molecule has 4 aromatic rings. The topological polar surface area (TPSA) is 76.2 Å². The van der Waals surface area contributed by atoms with E-state index in [1.165, 1.54) is 24.0 Å². The zero-order valence-electron chi connectivity index (χ0n) is 22.1. The summed E-state index contributed by atoms with van der Waals surface area (Å²) in [4.78, 5) is 44.3. The van der Waals surface area contributed by atoms with Crippen LogP contribution in [0.3, 0.4) is 0 Å². The van der Waals surface area contributed by atoms with Gasteiger partial charge in [-0.25, -0.2) is 14.4 Å². The van der Waals surface area contributed by atoms with E-state index in [2.05, 4.69) is 0 Å². The Hall–Kier alpha value is -4.65. The molecule has 0 aliphatic carbocycles. The second-order valence-electron chi connectivity index (χ2n) is 9.50. The third-order valence-electron chi connectivity index (χ3n) is 7.43. The van der Waals surface area contributed by atoms with E-state index >= 15 is 0 Å². The van der Waals surface area contributed by atoms with Crippen LogP contribution >= 0.6 is 0 Å². The van der Waals surface area contributed by atoms with Crippen molar-refractivity contribution in [2.24, 2.45) is 0 Å². The molecule has 3 atom stereocenters. The van der Waals surface area contributed by atoms with Gasteiger partial charge in [-0.1, -0.05) is 103 Å². The minimum atomic E-state index is -1.24. The van der Waals surface area contributed by atoms with Crippen LogP contribution < -0.4 is 0 Å². The summed E-state index contributed by atoms with van der Waals surface area (Å²) >= 11 is 0. The predicted molar refractivity (Wildman–Crippen MR) is 148 cm³/mol. The molecule has 0 N–H and O–H groups in total. The first kappa shape index (κ1) is 26.0. The summed E-state index contributed by atoms with van der Waals surface area (Å²) in [6, 6.07) is 28.5. The highest BCUT2D eigenvalue weighted by Gasteiger charge is 2.58. The number of esters is 2. The third-order valence-corrected chi connectivity index (χ3v) is 7.43. The Bertz CT molecular complexity index is 1450. The minimum Gasteiger partial charge on any atom is -0.467 e. The molecule has 0 saturated carbocycles. The van der Waals surface area contributed by atoms with Gasteiger partial charge < -0.3 is 14.4 Å². The van der Waals surface area contributed by atoms with Gasteiger partial charge >= 0.3 is 18.0 Å². The SMILES string of the molecule is COC(=O)C1C(C(=O)OC)N(C(c2ccccc2)c2ccccc2)C(=O)N1C(C)c1cccc2ccccc12. The quantitative estimate of drug-likeness (QED) is 0.299. The summed E-state index contributed by atoms with van der Waals surface area (Å²) in [6.07, 6.45) is 0. The van der Waals surface area contributed by atoms with Crippen molar-refractivity contribution in [1.82, 2.24) is 9.80 Å². The Kier molecular flexibility index (Phi) is 7.32. The summed E-state index contributed by atoms with van der Waals surface area (Å²) in [6.45, 7) is 1.87. The molecule has 5 rings (SSSR count). The summed E-state index contributed by atoms with van der Waals surface area (Å²) in [7, 11) is 2.52. The van der Waals surface area contributed by atoms with Crippen molar-refractivity contribution in [3.63, 3.8) is 0 Å². The maximum atomic E-state index is 14.5. The summed E-state index contributed by atoms with van der Waals surface area (Å²) in [5.41, 5.74) is 2.46. The van der Waals surface area contributed by atoms with E-state index in [-0.39, 0.29) is 0 Å². The van der Waals surface area contributed by atoms with Gasteiger partial charge in [0.25, 0.3) is 0 Å². The van der Waals surface area contributed by atoms with Crippen LogP contribution in [0.25, 0.3) is 10.8 Å². The van der Waals surface area contributed by atoms with Crippen molar-refractivity contribution < 1.29 is 23.9 Å². The number of carbonyl (C=O) groups excluding carboxylic acids is 3. The van der Waals surface area contributed by atoms with E-state index in [9.17, 15) is 14.4 Å². The Morgan fingerprint density at radius 1 is 0.667 bits per heavy atom. The van der Waals surface area contributed by atoms with Gasteiger partial charge in [0.05, 0.1) is 26.3 Å². The largest absolute Gasteiger partial charge is 0.467 e. The second-order valence-corrected chi connectivity index (χ2v) is 9.50. The van der Waals surface area contributed by atoms with Crippen LogP contribution in [0.2, 0.25) is 0 Å². The van der Waals surface area contributed by atoms with Gasteiger partial charge in [0, 0.05) is 0 Å². The molecule has 7 nitrogen and oxygen atoms in total. The average Bonchev–Trinajstić information content (AvgIpc) is 3.29. The van der Waals surface area contributed by atoms with Gasteiger partial charge in [-0.3, -0.25) is 4.90 Å². The summed E-state index contributed by atoms with van der Waals surface area (Å²) in [5, 5.41) is 1.97. The highest BCUT2D eigenvalue weighted by molar-refractivity contribution is 5.98. The number of ether oxygens (including phenoxy) is 2. The number of hydrogen-bond acceptors (Lipinski definition) is 5. The minimum absolute atomic E-state index is 0.459. The number of fused-ring (bicyclic) bond motifs is 1. The number of benzene rings is 4. The second kappa shape index (κ2) is 11.0. The number of carbonyl (C=O) groups is 3. The highest BCUT2D eigenvalue weighted by Crippen LogP contribution is 2.42. The normalized spacial score (nSPS) is 17.9. The predicted octanol–water partition coefficient (Wildman–Crippen LogP) is 5.51. The lowest BCUT2D eigenvalue weighted by Crippen LogP contribution is -2.50. The number of hydrogen-bond donors (Lipinski definition) is 0. The van der Waals surface area contributed by atoms with E-state index in [1.54, 1.807) is 0 Å². The van der Waals surface area contributed by atoms with Crippen LogP contribution in [-0.4, -0.2) is 54.1 Å². The lowest BCUT2D eigenvalue weighted by atomic mass is 9.95. The summed E-state index contributed by atoms with van der Waals surface area (Å²) < 4.78 is 10.4. The lowest BCUT2D eigenvalue weighted by molar-refractivity contribution is -0.155. The van der Waals surface area contributed by atoms with Gasteiger partial charge in [0.2, 0.25) is 0 Å². The number of methoxy groups -OCH3 is 2. The van der Waals surface area contributed by atoms with Crippen LogP contribution in [0.15, 0.2) is 103 Å². The molecule has 3 unspecified atom stereocenters. The fraction of sp³-hybridized carbons (Fsp3) is 0.219.